The molecular formula is C12H14ClF2N3O2. The molecule has 0 spiro atoms. The van der Waals surface area contributed by atoms with Gasteiger partial charge in [-0.3, -0.25) is 0 Å². The summed E-state index contributed by atoms with van der Waals surface area (Å²) in [6, 6.07) is 0. The lowest BCUT2D eigenvalue weighted by Gasteiger charge is -2.27. The van der Waals surface area contributed by atoms with Crippen LogP contribution in [0.15, 0.2) is 12.4 Å². The Morgan fingerprint density at radius 2 is 2.10 bits per heavy atom. The van der Waals surface area contributed by atoms with Crippen LogP contribution in [0.3, 0.4) is 0 Å². The highest BCUT2D eigenvalue weighted by molar-refractivity contribution is 6.33. The summed E-state index contributed by atoms with van der Waals surface area (Å²) in [6.45, 7) is 4.63. The highest BCUT2D eigenvalue weighted by Crippen LogP contribution is 2.31. The summed E-state index contributed by atoms with van der Waals surface area (Å²) >= 11 is 5.81. The van der Waals surface area contributed by atoms with Gasteiger partial charge in [0.25, 0.3) is 6.43 Å². The number of aliphatic hydroxyl groups is 1. The maximum Gasteiger partial charge on any atom is 0.284 e. The van der Waals surface area contributed by atoms with Crippen LogP contribution in [0.2, 0.25) is 5.02 Å². The Morgan fingerprint density at radius 1 is 1.45 bits per heavy atom. The van der Waals surface area contributed by atoms with Gasteiger partial charge in [-0.05, 0) is 20.8 Å². The molecule has 110 valence electrons. The lowest BCUT2D eigenvalue weighted by atomic mass is 10.0. The van der Waals surface area contributed by atoms with Crippen LogP contribution >= 0.6 is 11.6 Å². The minimum absolute atomic E-state index is 0.130. The number of hydrogen-bond donors (Lipinski definition) is 1. The summed E-state index contributed by atoms with van der Waals surface area (Å²) in [5, 5.41) is 13.9. The molecule has 1 unspecified atom stereocenters. The van der Waals surface area contributed by atoms with Crippen molar-refractivity contribution in [2.45, 2.75) is 38.9 Å². The van der Waals surface area contributed by atoms with Crippen molar-refractivity contribution < 1.29 is 18.6 Å². The first-order valence-corrected chi connectivity index (χ1v) is 6.29. The molecule has 0 saturated carbocycles. The first-order chi connectivity index (χ1) is 9.20. The van der Waals surface area contributed by atoms with Crippen LogP contribution in [0.1, 0.15) is 32.9 Å². The minimum atomic E-state index is -2.82. The standard InChI is InChI=1S/C12H14ClF2N3O2/c1-6(12(2,3)19)20-8-5-18-11(7(13)4-16-18)17-9(8)10(14)15/h4-6,10,19H,1-3H3. The van der Waals surface area contributed by atoms with Gasteiger partial charge < -0.3 is 9.84 Å². The minimum Gasteiger partial charge on any atom is -0.484 e. The van der Waals surface area contributed by atoms with Gasteiger partial charge in [-0.15, -0.1) is 0 Å². The van der Waals surface area contributed by atoms with Crippen molar-refractivity contribution in [1.29, 1.82) is 0 Å². The summed E-state index contributed by atoms with van der Waals surface area (Å²) in [7, 11) is 0. The quantitative estimate of drug-likeness (QED) is 0.943. The van der Waals surface area contributed by atoms with Crippen molar-refractivity contribution in [3.63, 3.8) is 0 Å². The summed E-state index contributed by atoms with van der Waals surface area (Å²) in [5.74, 6) is -0.137. The number of nitrogens with zero attached hydrogens (tertiary/aromatic N) is 3. The Labute approximate surface area is 119 Å². The first-order valence-electron chi connectivity index (χ1n) is 5.91. The van der Waals surface area contributed by atoms with Crippen molar-refractivity contribution in [3.8, 4) is 5.75 Å². The number of ether oxygens (including phenoxy) is 1. The Hall–Kier alpha value is -1.47. The van der Waals surface area contributed by atoms with E-state index in [1.807, 2.05) is 0 Å². The van der Waals surface area contributed by atoms with Crippen LogP contribution in [0, 0.1) is 0 Å². The topological polar surface area (TPSA) is 59.7 Å². The Bertz CT molecular complexity index is 625. The van der Waals surface area contributed by atoms with Crippen LogP contribution in [0.25, 0.3) is 5.65 Å². The van der Waals surface area contributed by atoms with E-state index in [0.717, 1.165) is 0 Å². The second kappa shape index (κ2) is 5.14. The fraction of sp³-hybridized carbons (Fsp3) is 0.500. The van der Waals surface area contributed by atoms with E-state index in [0.29, 0.717) is 0 Å². The molecule has 0 aliphatic rings. The zero-order chi connectivity index (χ0) is 15.1. The second-order valence-corrected chi connectivity index (χ2v) is 5.37. The van der Waals surface area contributed by atoms with Crippen LogP contribution < -0.4 is 4.74 Å². The number of alkyl halides is 2. The summed E-state index contributed by atoms with van der Waals surface area (Å²) in [5.41, 5.74) is -1.59. The first kappa shape index (κ1) is 14.9. The van der Waals surface area contributed by atoms with E-state index < -0.39 is 23.8 Å². The number of hydrogen-bond acceptors (Lipinski definition) is 4. The van der Waals surface area contributed by atoms with Crippen molar-refractivity contribution >= 4 is 17.2 Å². The molecule has 20 heavy (non-hydrogen) atoms. The Morgan fingerprint density at radius 3 is 2.65 bits per heavy atom. The van der Waals surface area contributed by atoms with Crippen molar-refractivity contribution in [2.24, 2.45) is 0 Å². The van der Waals surface area contributed by atoms with Crippen LogP contribution in [0.4, 0.5) is 8.78 Å². The van der Waals surface area contributed by atoms with E-state index in [9.17, 15) is 13.9 Å². The summed E-state index contributed by atoms with van der Waals surface area (Å²) < 4.78 is 32.8. The lowest BCUT2D eigenvalue weighted by Crippen LogP contribution is -2.38. The maximum absolute atomic E-state index is 13.1. The fourth-order valence-corrected chi connectivity index (χ4v) is 1.63. The molecule has 0 aromatic carbocycles. The number of fused-ring (bicyclic) bond motifs is 1. The van der Waals surface area contributed by atoms with Gasteiger partial charge in [-0.25, -0.2) is 18.3 Å². The molecule has 0 saturated heterocycles. The van der Waals surface area contributed by atoms with Gasteiger partial charge in [0.2, 0.25) is 0 Å². The van der Waals surface area contributed by atoms with Gasteiger partial charge in [-0.2, -0.15) is 5.10 Å². The number of rotatable bonds is 4. The molecule has 1 atom stereocenters. The van der Waals surface area contributed by atoms with Crippen molar-refractivity contribution in [1.82, 2.24) is 14.6 Å². The largest absolute Gasteiger partial charge is 0.484 e. The van der Waals surface area contributed by atoms with E-state index in [1.54, 1.807) is 6.92 Å². The van der Waals surface area contributed by atoms with Gasteiger partial charge >= 0.3 is 0 Å². The third-order valence-electron chi connectivity index (χ3n) is 2.95. The van der Waals surface area contributed by atoms with E-state index in [1.165, 1.54) is 30.8 Å². The molecule has 0 bridgehead atoms. The highest BCUT2D eigenvalue weighted by Gasteiger charge is 2.27. The molecule has 1 N–H and O–H groups in total. The summed E-state index contributed by atoms with van der Waals surface area (Å²) in [4.78, 5) is 3.78. The molecular weight excluding hydrogens is 292 g/mol. The van der Waals surface area contributed by atoms with Crippen LogP contribution in [0.5, 0.6) is 5.75 Å². The fourth-order valence-electron chi connectivity index (χ4n) is 1.46. The second-order valence-electron chi connectivity index (χ2n) is 4.97. The monoisotopic (exact) mass is 305 g/mol. The normalized spacial score (nSPS) is 14.0. The molecule has 5 nitrogen and oxygen atoms in total. The highest BCUT2D eigenvalue weighted by atomic mass is 35.5. The molecule has 2 aromatic heterocycles. The molecule has 0 amide bonds. The van der Waals surface area contributed by atoms with Gasteiger partial charge in [-0.1, -0.05) is 11.6 Å². The molecule has 2 rings (SSSR count). The Kier molecular flexibility index (Phi) is 3.84. The van der Waals surface area contributed by atoms with Gasteiger partial charge in [0, 0.05) is 0 Å². The molecule has 0 aliphatic carbocycles. The maximum atomic E-state index is 13.1. The molecule has 0 aliphatic heterocycles. The van der Waals surface area contributed by atoms with Crippen LogP contribution in [-0.2, 0) is 0 Å². The zero-order valence-electron chi connectivity index (χ0n) is 11.1. The van der Waals surface area contributed by atoms with Crippen molar-refractivity contribution in [2.75, 3.05) is 0 Å². The summed E-state index contributed by atoms with van der Waals surface area (Å²) in [6.07, 6.45) is -0.944. The van der Waals surface area contributed by atoms with E-state index >= 15 is 0 Å². The van der Waals surface area contributed by atoms with E-state index in [-0.39, 0.29) is 16.4 Å². The molecule has 2 heterocycles. The number of halogens is 3. The zero-order valence-corrected chi connectivity index (χ0v) is 11.9. The smallest absolute Gasteiger partial charge is 0.284 e. The average molecular weight is 306 g/mol. The van der Waals surface area contributed by atoms with E-state index in [2.05, 4.69) is 10.1 Å². The third-order valence-corrected chi connectivity index (χ3v) is 3.22. The Balaban J connectivity index is 2.48. The molecule has 8 heteroatoms. The van der Waals surface area contributed by atoms with Crippen LogP contribution in [-0.4, -0.2) is 31.4 Å². The van der Waals surface area contributed by atoms with Crippen molar-refractivity contribution in [3.05, 3.63) is 23.1 Å². The van der Waals surface area contributed by atoms with E-state index in [4.69, 9.17) is 16.3 Å². The predicted molar refractivity (Wildman–Crippen MR) is 69.3 cm³/mol. The van der Waals surface area contributed by atoms with Gasteiger partial charge in [0.1, 0.15) is 11.1 Å². The third kappa shape index (κ3) is 2.83. The average Bonchev–Trinajstić information content (AvgIpc) is 2.68. The molecule has 2 aromatic rings. The van der Waals surface area contributed by atoms with Gasteiger partial charge in [0.05, 0.1) is 18.0 Å². The lowest BCUT2D eigenvalue weighted by molar-refractivity contribution is -0.0262. The predicted octanol–water partition coefficient (Wildman–Crippen LogP) is 2.86. The van der Waals surface area contributed by atoms with Gasteiger partial charge in [0.15, 0.2) is 17.1 Å². The molecule has 0 radical (unpaired) electrons. The SMILES string of the molecule is CC(Oc1cn2ncc(Cl)c2nc1C(F)F)C(C)(C)O. The number of aromatic nitrogens is 3. The molecule has 0 fully saturated rings.